The van der Waals surface area contributed by atoms with Crippen molar-refractivity contribution in [2.24, 2.45) is 5.73 Å². The molecule has 0 aliphatic rings. The van der Waals surface area contributed by atoms with Gasteiger partial charge in [0.1, 0.15) is 0 Å². The molecule has 2 aromatic rings. The second kappa shape index (κ2) is 4.99. The Hall–Kier alpha value is -1.53. The van der Waals surface area contributed by atoms with Gasteiger partial charge in [0.2, 0.25) is 0 Å². The number of primary amides is 1. The third-order valence-electron chi connectivity index (χ3n) is 2.27. The molecule has 94 valence electrons. The molecule has 1 atom stereocenters. The van der Waals surface area contributed by atoms with E-state index >= 15 is 0 Å². The number of imidazole rings is 1. The van der Waals surface area contributed by atoms with Crippen molar-refractivity contribution in [3.63, 3.8) is 0 Å². The second-order valence-corrected chi connectivity index (χ2v) is 4.82. The van der Waals surface area contributed by atoms with E-state index in [1.807, 2.05) is 0 Å². The molecule has 1 unspecified atom stereocenters. The van der Waals surface area contributed by atoms with Crippen LogP contribution in [0.15, 0.2) is 12.1 Å². The number of nitrogens with two attached hydrogens (primary N) is 1. The number of halogens is 1. The minimum atomic E-state index is -2.47. The Morgan fingerprint density at radius 2 is 2.33 bits per heavy atom. The Kier molecular flexibility index (Phi) is 3.58. The van der Waals surface area contributed by atoms with Crippen molar-refractivity contribution < 1.29 is 14.3 Å². The van der Waals surface area contributed by atoms with Gasteiger partial charge >= 0.3 is 8.18 Å². The summed E-state index contributed by atoms with van der Waals surface area (Å²) in [7, 11) is -2.47. The van der Waals surface area contributed by atoms with Crippen molar-refractivity contribution in [3.05, 3.63) is 28.5 Å². The predicted molar refractivity (Wildman–Crippen MR) is 66.3 cm³/mol. The number of amides is 1. The molecule has 7 nitrogen and oxygen atoms in total. The van der Waals surface area contributed by atoms with Gasteiger partial charge in [-0.1, -0.05) is 16.7 Å². The lowest BCUT2D eigenvalue weighted by atomic mass is 10.2. The molecule has 0 spiro atoms. The number of rotatable bonds is 4. The number of aromatic amines is 1. The molecule has 9 heteroatoms. The van der Waals surface area contributed by atoms with Crippen LogP contribution in [0.2, 0.25) is 5.02 Å². The Labute approximate surface area is 107 Å². The highest BCUT2D eigenvalue weighted by molar-refractivity contribution is 7.35. The van der Waals surface area contributed by atoms with Gasteiger partial charge in [-0.25, -0.2) is 4.98 Å². The van der Waals surface area contributed by atoms with Crippen molar-refractivity contribution in [1.82, 2.24) is 15.1 Å². The third kappa shape index (κ3) is 2.65. The highest BCUT2D eigenvalue weighted by Gasteiger charge is 2.15. The lowest BCUT2D eigenvalue weighted by Crippen LogP contribution is -2.12. The number of carbonyl (C=O) groups excluding carboxylic acids is 1. The number of fused-ring (bicyclic) bond motifs is 1. The molecule has 5 N–H and O–H groups in total. The lowest BCUT2D eigenvalue weighted by molar-refractivity contribution is 0.0991. The molecule has 0 bridgehead atoms. The molecule has 0 aliphatic carbocycles. The highest BCUT2D eigenvalue weighted by Crippen LogP contribution is 2.23. The standard InChI is InChI=1S/C9H8ClN4O3P/c10-5-1-4(3-12-18(16)17)7-6(2-5)13-9(14-7)8(11)15/h1-2H,3H2,(H4-,11,12,13,14,15,16,17)/p+1. The number of carbonyl (C=O) groups is 1. The quantitative estimate of drug-likeness (QED) is 0.626. The second-order valence-electron chi connectivity index (χ2n) is 3.52. The summed E-state index contributed by atoms with van der Waals surface area (Å²) in [5.41, 5.74) is 6.74. The fraction of sp³-hybridized carbons (Fsp3) is 0.111. The summed E-state index contributed by atoms with van der Waals surface area (Å²) < 4.78 is 10.6. The number of hydrogen-bond donors (Lipinski definition) is 4. The van der Waals surface area contributed by atoms with Gasteiger partial charge in [-0.3, -0.25) is 4.79 Å². The van der Waals surface area contributed by atoms with Gasteiger partial charge in [0.15, 0.2) is 5.82 Å². The Bertz CT molecular complexity index is 642. The first-order valence-corrected chi connectivity index (χ1v) is 6.44. The number of hydrogen-bond acceptors (Lipinski definition) is 3. The Balaban J connectivity index is 2.50. The topological polar surface area (TPSA) is 121 Å². The van der Waals surface area contributed by atoms with E-state index in [-0.39, 0.29) is 12.4 Å². The highest BCUT2D eigenvalue weighted by atomic mass is 35.5. The first kappa shape index (κ1) is 12.9. The van der Waals surface area contributed by atoms with Crippen LogP contribution in [0.25, 0.3) is 11.0 Å². The first-order chi connectivity index (χ1) is 8.47. The molecule has 1 heterocycles. The largest absolute Gasteiger partial charge is 0.610 e. The molecule has 0 saturated heterocycles. The van der Waals surface area contributed by atoms with Crippen LogP contribution in [0.3, 0.4) is 0 Å². The molecule has 0 saturated carbocycles. The summed E-state index contributed by atoms with van der Waals surface area (Å²) in [5, 5.41) is 2.78. The number of H-pyrrole nitrogens is 1. The number of nitrogens with one attached hydrogen (secondary N) is 2. The van der Waals surface area contributed by atoms with E-state index in [1.165, 1.54) is 0 Å². The van der Waals surface area contributed by atoms with Gasteiger partial charge < -0.3 is 10.7 Å². The zero-order valence-electron chi connectivity index (χ0n) is 8.98. The average Bonchev–Trinajstić information content (AvgIpc) is 2.69. The van der Waals surface area contributed by atoms with Crippen LogP contribution in [0, 0.1) is 0 Å². The normalized spacial score (nSPS) is 11.8. The van der Waals surface area contributed by atoms with E-state index < -0.39 is 14.1 Å². The first-order valence-electron chi connectivity index (χ1n) is 4.85. The van der Waals surface area contributed by atoms with Gasteiger partial charge in [0, 0.05) is 5.02 Å². The van der Waals surface area contributed by atoms with Crippen molar-refractivity contribution >= 4 is 36.7 Å². The van der Waals surface area contributed by atoms with E-state index in [2.05, 4.69) is 15.1 Å². The van der Waals surface area contributed by atoms with Crippen LogP contribution in [-0.4, -0.2) is 20.8 Å². The molecule has 0 aliphatic heterocycles. The number of nitrogens with zero attached hydrogens (tertiary/aromatic N) is 1. The Morgan fingerprint density at radius 3 is 2.94 bits per heavy atom. The van der Waals surface area contributed by atoms with E-state index in [0.717, 1.165) is 0 Å². The maximum Gasteiger partial charge on any atom is 0.610 e. The molecule has 1 amide bonds. The molecule has 1 aromatic heterocycles. The van der Waals surface area contributed by atoms with Crippen LogP contribution < -0.4 is 10.8 Å². The minimum Gasteiger partial charge on any atom is -0.363 e. The smallest absolute Gasteiger partial charge is 0.363 e. The number of aromatic nitrogens is 2. The molecule has 0 radical (unpaired) electrons. The number of benzene rings is 1. The summed E-state index contributed by atoms with van der Waals surface area (Å²) >= 11 is 5.90. The Morgan fingerprint density at radius 1 is 1.61 bits per heavy atom. The molecule has 0 fully saturated rings. The maximum atomic E-state index is 11.0. The van der Waals surface area contributed by atoms with Crippen LogP contribution in [0.4, 0.5) is 0 Å². The van der Waals surface area contributed by atoms with Gasteiger partial charge in [-0.2, -0.15) is 0 Å². The van der Waals surface area contributed by atoms with Crippen molar-refractivity contribution in [2.45, 2.75) is 6.54 Å². The van der Waals surface area contributed by atoms with Gasteiger partial charge in [0.25, 0.3) is 5.91 Å². The molecular formula is C9H9ClN4O3P+. The van der Waals surface area contributed by atoms with Gasteiger partial charge in [-0.15, -0.1) is 4.89 Å². The summed E-state index contributed by atoms with van der Waals surface area (Å²) in [4.78, 5) is 26.5. The van der Waals surface area contributed by atoms with Crippen LogP contribution in [-0.2, 0) is 11.1 Å². The van der Waals surface area contributed by atoms with E-state index in [1.54, 1.807) is 12.1 Å². The zero-order chi connectivity index (χ0) is 13.3. The molecule has 2 rings (SSSR count). The maximum absolute atomic E-state index is 11.0. The van der Waals surface area contributed by atoms with Crippen LogP contribution in [0.5, 0.6) is 0 Å². The van der Waals surface area contributed by atoms with Gasteiger partial charge in [0.05, 0.1) is 17.6 Å². The molecular weight excluding hydrogens is 279 g/mol. The summed E-state index contributed by atoms with van der Waals surface area (Å²) in [6, 6.07) is 3.19. The third-order valence-corrected chi connectivity index (χ3v) is 2.92. The molecule has 1 aromatic carbocycles. The zero-order valence-corrected chi connectivity index (χ0v) is 10.6. The van der Waals surface area contributed by atoms with E-state index in [9.17, 15) is 9.36 Å². The van der Waals surface area contributed by atoms with E-state index in [0.29, 0.717) is 21.6 Å². The summed E-state index contributed by atoms with van der Waals surface area (Å²) in [5.74, 6) is -0.670. The van der Waals surface area contributed by atoms with Crippen LogP contribution in [0.1, 0.15) is 16.2 Å². The predicted octanol–water partition coefficient (Wildman–Crippen LogP) is 1.05. The summed E-state index contributed by atoms with van der Waals surface area (Å²) in [6.45, 7) is 0.103. The van der Waals surface area contributed by atoms with Crippen molar-refractivity contribution in [2.75, 3.05) is 0 Å². The fourth-order valence-corrected chi connectivity index (χ4v) is 2.10. The lowest BCUT2D eigenvalue weighted by Gasteiger charge is -1.99. The van der Waals surface area contributed by atoms with Gasteiger partial charge in [-0.05, 0) is 22.3 Å². The monoisotopic (exact) mass is 287 g/mol. The SMILES string of the molecule is NC(=O)c1nc2c(CN[P+](=O)O)cc(Cl)cc2[nH]1. The molecule has 18 heavy (non-hydrogen) atoms. The fourth-order valence-electron chi connectivity index (χ4n) is 1.55. The van der Waals surface area contributed by atoms with Crippen LogP contribution >= 0.6 is 19.8 Å². The minimum absolute atomic E-state index is 0.0157. The summed E-state index contributed by atoms with van der Waals surface area (Å²) in [6.07, 6.45) is 0. The van der Waals surface area contributed by atoms with Crippen molar-refractivity contribution in [1.29, 1.82) is 0 Å². The van der Waals surface area contributed by atoms with Crippen molar-refractivity contribution in [3.8, 4) is 0 Å². The van der Waals surface area contributed by atoms with E-state index in [4.69, 9.17) is 22.2 Å². The average molecular weight is 288 g/mol.